The minimum atomic E-state index is -0.251. The van der Waals surface area contributed by atoms with Crippen molar-refractivity contribution in [1.82, 2.24) is 5.32 Å². The molecule has 1 aliphatic carbocycles. The predicted octanol–water partition coefficient (Wildman–Crippen LogP) is 1.75. The molecule has 3 rings (SSSR count). The SMILES string of the molecule is CNC(c1ccc2c(c1)CC(=O)N2)C1(C#N)CC1. The fraction of sp³-hybridized carbons (Fsp3) is 0.429. The highest BCUT2D eigenvalue weighted by Gasteiger charge is 2.50. The Labute approximate surface area is 106 Å². The van der Waals surface area contributed by atoms with Crippen molar-refractivity contribution < 1.29 is 4.79 Å². The van der Waals surface area contributed by atoms with Crippen LogP contribution in [0.3, 0.4) is 0 Å². The lowest BCUT2D eigenvalue weighted by Crippen LogP contribution is -2.25. The van der Waals surface area contributed by atoms with Crippen LogP contribution >= 0.6 is 0 Å². The molecule has 1 saturated carbocycles. The van der Waals surface area contributed by atoms with Crippen molar-refractivity contribution in [2.45, 2.75) is 25.3 Å². The van der Waals surface area contributed by atoms with E-state index >= 15 is 0 Å². The minimum absolute atomic E-state index is 0.0459. The molecule has 1 unspecified atom stereocenters. The second-order valence-corrected chi connectivity index (χ2v) is 5.13. The van der Waals surface area contributed by atoms with Crippen molar-refractivity contribution in [2.75, 3.05) is 12.4 Å². The summed E-state index contributed by atoms with van der Waals surface area (Å²) in [6.07, 6.45) is 2.34. The van der Waals surface area contributed by atoms with E-state index in [9.17, 15) is 10.1 Å². The van der Waals surface area contributed by atoms with E-state index in [4.69, 9.17) is 0 Å². The molecule has 1 fully saturated rings. The van der Waals surface area contributed by atoms with E-state index in [1.807, 2.05) is 25.2 Å². The predicted molar refractivity (Wildman–Crippen MR) is 67.9 cm³/mol. The third kappa shape index (κ3) is 1.59. The highest BCUT2D eigenvalue weighted by atomic mass is 16.1. The largest absolute Gasteiger partial charge is 0.326 e. The van der Waals surface area contributed by atoms with Gasteiger partial charge in [-0.25, -0.2) is 0 Å². The van der Waals surface area contributed by atoms with Crippen molar-refractivity contribution in [3.8, 4) is 6.07 Å². The van der Waals surface area contributed by atoms with Crippen LogP contribution in [0.15, 0.2) is 18.2 Å². The van der Waals surface area contributed by atoms with Gasteiger partial charge in [0.25, 0.3) is 0 Å². The molecule has 4 nitrogen and oxygen atoms in total. The maximum Gasteiger partial charge on any atom is 0.228 e. The van der Waals surface area contributed by atoms with E-state index in [2.05, 4.69) is 16.7 Å². The van der Waals surface area contributed by atoms with E-state index in [0.29, 0.717) is 6.42 Å². The van der Waals surface area contributed by atoms with Crippen molar-refractivity contribution in [3.05, 3.63) is 29.3 Å². The van der Waals surface area contributed by atoms with Crippen LogP contribution in [0.25, 0.3) is 0 Å². The third-order valence-corrected chi connectivity index (χ3v) is 3.94. The van der Waals surface area contributed by atoms with Gasteiger partial charge in [-0.3, -0.25) is 4.79 Å². The van der Waals surface area contributed by atoms with E-state index in [1.165, 1.54) is 0 Å². The summed E-state index contributed by atoms with van der Waals surface area (Å²) in [6.45, 7) is 0. The van der Waals surface area contributed by atoms with Crippen LogP contribution in [-0.4, -0.2) is 13.0 Å². The lowest BCUT2D eigenvalue weighted by molar-refractivity contribution is -0.115. The van der Waals surface area contributed by atoms with Crippen LogP contribution in [0.4, 0.5) is 5.69 Å². The molecule has 2 aliphatic rings. The quantitative estimate of drug-likeness (QED) is 0.847. The fourth-order valence-corrected chi connectivity index (χ4v) is 2.79. The Morgan fingerprint density at radius 2 is 2.28 bits per heavy atom. The Morgan fingerprint density at radius 1 is 1.50 bits per heavy atom. The van der Waals surface area contributed by atoms with Crippen LogP contribution < -0.4 is 10.6 Å². The van der Waals surface area contributed by atoms with Crippen LogP contribution in [0, 0.1) is 16.7 Å². The van der Waals surface area contributed by atoms with Gasteiger partial charge in [-0.15, -0.1) is 0 Å². The summed E-state index contributed by atoms with van der Waals surface area (Å²) in [5, 5.41) is 15.4. The average Bonchev–Trinajstić information content (AvgIpc) is 3.05. The van der Waals surface area contributed by atoms with Gasteiger partial charge in [0, 0.05) is 5.69 Å². The molecule has 1 heterocycles. The minimum Gasteiger partial charge on any atom is -0.326 e. The molecule has 1 amide bonds. The second-order valence-electron chi connectivity index (χ2n) is 5.13. The summed E-state index contributed by atoms with van der Waals surface area (Å²) in [6, 6.07) is 8.48. The number of nitrogens with one attached hydrogen (secondary N) is 2. The van der Waals surface area contributed by atoms with Gasteiger partial charge in [0.15, 0.2) is 0 Å². The Bertz CT molecular complexity index is 555. The smallest absolute Gasteiger partial charge is 0.228 e. The summed E-state index contributed by atoms with van der Waals surface area (Å²) >= 11 is 0. The van der Waals surface area contributed by atoms with Crippen LogP contribution in [0.2, 0.25) is 0 Å². The molecule has 2 N–H and O–H groups in total. The first kappa shape index (κ1) is 11.2. The molecular weight excluding hydrogens is 226 g/mol. The first-order chi connectivity index (χ1) is 8.68. The molecule has 1 aromatic carbocycles. The lowest BCUT2D eigenvalue weighted by Gasteiger charge is -2.21. The van der Waals surface area contributed by atoms with Crippen molar-refractivity contribution in [3.63, 3.8) is 0 Å². The molecule has 1 atom stereocenters. The van der Waals surface area contributed by atoms with Crippen LogP contribution in [0.5, 0.6) is 0 Å². The number of hydrogen-bond donors (Lipinski definition) is 2. The van der Waals surface area contributed by atoms with Crippen LogP contribution in [-0.2, 0) is 11.2 Å². The molecule has 4 heteroatoms. The van der Waals surface area contributed by atoms with Gasteiger partial charge in [-0.1, -0.05) is 12.1 Å². The maximum atomic E-state index is 11.3. The molecule has 0 radical (unpaired) electrons. The standard InChI is InChI=1S/C14H15N3O/c1-16-13(14(8-15)4-5-14)9-2-3-11-10(6-9)7-12(18)17-11/h2-3,6,13,16H,4-5,7H2,1H3,(H,17,18). The molecular formula is C14H15N3O. The van der Waals surface area contributed by atoms with E-state index in [0.717, 1.165) is 29.7 Å². The molecule has 1 aromatic rings. The summed E-state index contributed by atoms with van der Waals surface area (Å²) in [7, 11) is 1.89. The normalized spacial score (nSPS) is 20.8. The van der Waals surface area contributed by atoms with E-state index in [1.54, 1.807) is 0 Å². The zero-order valence-electron chi connectivity index (χ0n) is 10.3. The van der Waals surface area contributed by atoms with E-state index < -0.39 is 0 Å². The van der Waals surface area contributed by atoms with Gasteiger partial charge in [0.1, 0.15) is 0 Å². The highest BCUT2D eigenvalue weighted by Crippen LogP contribution is 2.54. The van der Waals surface area contributed by atoms with Gasteiger partial charge in [0.05, 0.1) is 23.9 Å². The number of carbonyl (C=O) groups is 1. The van der Waals surface area contributed by atoms with Gasteiger partial charge in [0.2, 0.25) is 5.91 Å². The number of anilines is 1. The van der Waals surface area contributed by atoms with Crippen molar-refractivity contribution in [1.29, 1.82) is 5.26 Å². The van der Waals surface area contributed by atoms with Gasteiger partial charge in [-0.2, -0.15) is 5.26 Å². The molecule has 0 spiro atoms. The van der Waals surface area contributed by atoms with Crippen molar-refractivity contribution >= 4 is 11.6 Å². The van der Waals surface area contributed by atoms with E-state index in [-0.39, 0.29) is 17.4 Å². The topological polar surface area (TPSA) is 64.9 Å². The van der Waals surface area contributed by atoms with Crippen LogP contribution in [0.1, 0.15) is 30.0 Å². The highest BCUT2D eigenvalue weighted by molar-refractivity contribution is 5.99. The summed E-state index contributed by atoms with van der Waals surface area (Å²) in [5.74, 6) is 0.0459. The number of nitrogens with zero attached hydrogens (tertiary/aromatic N) is 1. The molecule has 0 bridgehead atoms. The summed E-state index contributed by atoms with van der Waals surface area (Å²) in [5.41, 5.74) is 2.79. The first-order valence-corrected chi connectivity index (χ1v) is 6.20. The zero-order valence-corrected chi connectivity index (χ0v) is 10.3. The number of rotatable bonds is 3. The van der Waals surface area contributed by atoms with Crippen molar-refractivity contribution in [2.24, 2.45) is 5.41 Å². The Kier molecular flexibility index (Phi) is 2.39. The number of benzene rings is 1. The molecule has 92 valence electrons. The zero-order chi connectivity index (χ0) is 12.8. The Hall–Kier alpha value is -1.86. The maximum absolute atomic E-state index is 11.3. The number of fused-ring (bicyclic) bond motifs is 1. The number of amides is 1. The molecule has 0 aromatic heterocycles. The van der Waals surface area contributed by atoms with Gasteiger partial charge < -0.3 is 10.6 Å². The molecule has 0 saturated heterocycles. The Balaban J connectivity index is 1.96. The summed E-state index contributed by atoms with van der Waals surface area (Å²) < 4.78 is 0. The third-order valence-electron chi connectivity index (χ3n) is 3.94. The molecule has 18 heavy (non-hydrogen) atoms. The number of hydrogen-bond acceptors (Lipinski definition) is 3. The molecule has 1 aliphatic heterocycles. The van der Waals surface area contributed by atoms with Gasteiger partial charge in [-0.05, 0) is 37.1 Å². The number of carbonyl (C=O) groups excluding carboxylic acids is 1. The number of nitriles is 1. The lowest BCUT2D eigenvalue weighted by atomic mass is 9.90. The monoisotopic (exact) mass is 241 g/mol. The average molecular weight is 241 g/mol. The van der Waals surface area contributed by atoms with Gasteiger partial charge >= 0.3 is 0 Å². The fourth-order valence-electron chi connectivity index (χ4n) is 2.79. The Morgan fingerprint density at radius 3 is 2.89 bits per heavy atom. The second kappa shape index (κ2) is 3.82. The summed E-state index contributed by atoms with van der Waals surface area (Å²) in [4.78, 5) is 11.3. The first-order valence-electron chi connectivity index (χ1n) is 6.20.